The minimum Gasteiger partial charge on any atom is -0.171 e. The molecule has 0 aliphatic heterocycles. The number of hydrogen-bond donors (Lipinski definition) is 0. The van der Waals surface area contributed by atoms with Gasteiger partial charge in [0.1, 0.15) is 0 Å². The molecule has 0 fully saturated rings. The summed E-state index contributed by atoms with van der Waals surface area (Å²) in [5.41, 5.74) is 0. The zero-order valence-electron chi connectivity index (χ0n) is 5.33. The molecule has 0 aromatic rings. The van der Waals surface area contributed by atoms with Crippen LogP contribution >= 0.6 is 0 Å². The van der Waals surface area contributed by atoms with Gasteiger partial charge < -0.3 is 0 Å². The zero-order chi connectivity index (χ0) is 6.62. The Morgan fingerprint density at radius 3 is 1.78 bits per heavy atom. The van der Waals surface area contributed by atoms with Gasteiger partial charge >= 0.3 is 6.18 Å². The monoisotopic (exact) mass is 241 g/mol. The summed E-state index contributed by atoms with van der Waals surface area (Å²) in [6.45, 7) is 1.74. The summed E-state index contributed by atoms with van der Waals surface area (Å²) in [7, 11) is 0. The van der Waals surface area contributed by atoms with Crippen LogP contribution in [0.3, 0.4) is 0 Å². The average molecular weight is 241 g/mol. The third kappa shape index (κ3) is 12.0. The van der Waals surface area contributed by atoms with Crippen LogP contribution in [0.2, 0.25) is 0 Å². The summed E-state index contributed by atoms with van der Waals surface area (Å²) in [5, 5.41) is 0. The summed E-state index contributed by atoms with van der Waals surface area (Å²) >= 11 is 0. The van der Waals surface area contributed by atoms with Crippen molar-refractivity contribution in [1.82, 2.24) is 0 Å². The Morgan fingerprint density at radius 2 is 1.67 bits per heavy atom. The molecule has 0 saturated carbocycles. The molecular formula is C5H9F3In. The van der Waals surface area contributed by atoms with Crippen LogP contribution in [-0.4, -0.2) is 32.0 Å². The molecule has 0 unspecified atom stereocenters. The molecule has 0 rings (SSSR count). The third-order valence-corrected chi connectivity index (χ3v) is 0.814. The Hall–Kier alpha value is 0.660. The van der Waals surface area contributed by atoms with Crippen LogP contribution in [-0.2, 0) is 0 Å². The van der Waals surface area contributed by atoms with E-state index in [9.17, 15) is 13.2 Å². The summed E-state index contributed by atoms with van der Waals surface area (Å²) in [4.78, 5) is 0. The largest absolute Gasteiger partial charge is 0.389 e. The second-order valence-corrected chi connectivity index (χ2v) is 1.72. The SMILES string of the molecule is CCCCC(F)(F)F.[In]. The van der Waals surface area contributed by atoms with Crippen molar-refractivity contribution in [3.05, 3.63) is 0 Å². The first-order valence-corrected chi connectivity index (χ1v) is 2.63. The maximum atomic E-state index is 11.2. The van der Waals surface area contributed by atoms with Crippen LogP contribution in [0.4, 0.5) is 13.2 Å². The van der Waals surface area contributed by atoms with Crippen molar-refractivity contribution in [3.8, 4) is 0 Å². The molecule has 0 bridgehead atoms. The van der Waals surface area contributed by atoms with E-state index in [0.717, 1.165) is 0 Å². The summed E-state index contributed by atoms with van der Waals surface area (Å²) in [6.07, 6.45) is -3.72. The fourth-order valence-electron chi connectivity index (χ4n) is 0.377. The van der Waals surface area contributed by atoms with Crippen LogP contribution in [0.25, 0.3) is 0 Å². The van der Waals surface area contributed by atoms with E-state index in [0.29, 0.717) is 6.42 Å². The molecule has 4 heteroatoms. The van der Waals surface area contributed by atoms with Crippen molar-refractivity contribution < 1.29 is 13.2 Å². The second kappa shape index (κ2) is 5.45. The first kappa shape index (κ1) is 12.3. The van der Waals surface area contributed by atoms with Gasteiger partial charge in [0.25, 0.3) is 0 Å². The van der Waals surface area contributed by atoms with Gasteiger partial charge in [-0.2, -0.15) is 13.2 Å². The topological polar surface area (TPSA) is 0 Å². The van der Waals surface area contributed by atoms with Crippen LogP contribution in [0.1, 0.15) is 26.2 Å². The van der Waals surface area contributed by atoms with E-state index in [-0.39, 0.29) is 32.3 Å². The van der Waals surface area contributed by atoms with Gasteiger partial charge in [0.15, 0.2) is 0 Å². The molecule has 0 spiro atoms. The zero-order valence-corrected chi connectivity index (χ0v) is 8.63. The molecule has 0 aromatic heterocycles. The van der Waals surface area contributed by atoms with Gasteiger partial charge in [-0.15, -0.1) is 0 Å². The van der Waals surface area contributed by atoms with Gasteiger partial charge in [0.05, 0.1) is 0 Å². The molecule has 0 aliphatic rings. The minimum absolute atomic E-state index is 0. The molecule has 0 atom stereocenters. The number of hydrogen-bond acceptors (Lipinski definition) is 0. The Balaban J connectivity index is 0. The maximum absolute atomic E-state index is 11.2. The number of halogens is 3. The maximum Gasteiger partial charge on any atom is 0.389 e. The second-order valence-electron chi connectivity index (χ2n) is 1.72. The van der Waals surface area contributed by atoms with E-state index >= 15 is 0 Å². The molecule has 0 aromatic carbocycles. The molecule has 9 heavy (non-hydrogen) atoms. The van der Waals surface area contributed by atoms with Gasteiger partial charge in [0.2, 0.25) is 0 Å². The van der Waals surface area contributed by atoms with Crippen LogP contribution in [0.5, 0.6) is 0 Å². The predicted octanol–water partition coefficient (Wildman–Crippen LogP) is 2.36. The molecule has 0 saturated heterocycles. The van der Waals surface area contributed by atoms with Gasteiger partial charge in [-0.05, 0) is 6.42 Å². The summed E-state index contributed by atoms with van der Waals surface area (Å²) in [6, 6.07) is 0. The normalized spacial score (nSPS) is 10.7. The minimum atomic E-state index is -3.95. The first-order chi connectivity index (χ1) is 3.56. The first-order valence-electron chi connectivity index (χ1n) is 2.63. The van der Waals surface area contributed by atoms with E-state index in [1.165, 1.54) is 0 Å². The summed E-state index contributed by atoms with van der Waals surface area (Å²) < 4.78 is 33.7. The van der Waals surface area contributed by atoms with Gasteiger partial charge in [0, 0.05) is 32.3 Å². The molecule has 53 valence electrons. The smallest absolute Gasteiger partial charge is 0.171 e. The van der Waals surface area contributed by atoms with Crippen molar-refractivity contribution in [2.75, 3.05) is 0 Å². The van der Waals surface area contributed by atoms with E-state index in [1.54, 1.807) is 6.92 Å². The number of rotatable bonds is 2. The van der Waals surface area contributed by atoms with Crippen molar-refractivity contribution in [2.45, 2.75) is 32.4 Å². The van der Waals surface area contributed by atoms with E-state index < -0.39 is 12.6 Å². The molecule has 0 amide bonds. The third-order valence-electron chi connectivity index (χ3n) is 0.814. The van der Waals surface area contributed by atoms with Gasteiger partial charge in [-0.1, -0.05) is 13.3 Å². The average Bonchev–Trinajstić information content (AvgIpc) is 1.59. The molecule has 0 N–H and O–H groups in total. The van der Waals surface area contributed by atoms with Gasteiger partial charge in [-0.3, -0.25) is 0 Å². The van der Waals surface area contributed by atoms with Crippen molar-refractivity contribution in [3.63, 3.8) is 0 Å². The van der Waals surface area contributed by atoms with Crippen molar-refractivity contribution in [1.29, 1.82) is 0 Å². The van der Waals surface area contributed by atoms with Gasteiger partial charge in [-0.25, -0.2) is 0 Å². The molecule has 0 nitrogen and oxygen atoms in total. The fraction of sp³-hybridized carbons (Fsp3) is 1.00. The van der Waals surface area contributed by atoms with Crippen LogP contribution in [0.15, 0.2) is 0 Å². The number of alkyl halides is 3. The van der Waals surface area contributed by atoms with Crippen molar-refractivity contribution >= 4 is 25.8 Å². The summed E-state index contributed by atoms with van der Waals surface area (Å²) in [5.74, 6) is 0. The molecular weight excluding hydrogens is 232 g/mol. The standard InChI is InChI=1S/C5H9F3.In/c1-2-3-4-5(6,7)8;/h2-4H2,1H3;. The van der Waals surface area contributed by atoms with Crippen molar-refractivity contribution in [2.24, 2.45) is 0 Å². The Kier molecular flexibility index (Phi) is 7.47. The Bertz CT molecular complexity index is 59.7. The fourth-order valence-corrected chi connectivity index (χ4v) is 0.377. The van der Waals surface area contributed by atoms with E-state index in [4.69, 9.17) is 0 Å². The van der Waals surface area contributed by atoms with E-state index in [2.05, 4.69) is 0 Å². The molecule has 0 heterocycles. The Labute approximate surface area is 71.6 Å². The van der Waals surface area contributed by atoms with Crippen LogP contribution < -0.4 is 0 Å². The quantitative estimate of drug-likeness (QED) is 0.696. The van der Waals surface area contributed by atoms with E-state index in [1.807, 2.05) is 0 Å². The molecule has 3 radical (unpaired) electrons. The Morgan fingerprint density at radius 1 is 1.22 bits per heavy atom. The molecule has 0 aliphatic carbocycles. The predicted molar refractivity (Wildman–Crippen MR) is 31.3 cm³/mol. The van der Waals surface area contributed by atoms with Crippen LogP contribution in [0, 0.1) is 0 Å². The number of unbranched alkanes of at least 4 members (excludes halogenated alkanes) is 1.